The fraction of sp³-hybridized carbons (Fsp3) is 0.250. The number of carbonyl (C=O) groups is 3. The van der Waals surface area contributed by atoms with Crippen molar-refractivity contribution in [1.29, 1.82) is 0 Å². The van der Waals surface area contributed by atoms with Crippen molar-refractivity contribution < 1.29 is 29.0 Å². The van der Waals surface area contributed by atoms with E-state index in [1.807, 2.05) is 6.07 Å². The number of benzene rings is 2. The van der Waals surface area contributed by atoms with Gasteiger partial charge in [-0.25, -0.2) is 0 Å². The van der Waals surface area contributed by atoms with Gasteiger partial charge in [-0.05, 0) is 30.7 Å². The Morgan fingerprint density at radius 1 is 1.11 bits per heavy atom. The van der Waals surface area contributed by atoms with Crippen molar-refractivity contribution in [1.82, 2.24) is 5.32 Å². The molecule has 2 aromatic carbocycles. The van der Waals surface area contributed by atoms with Gasteiger partial charge >= 0.3 is 5.97 Å². The van der Waals surface area contributed by atoms with Crippen molar-refractivity contribution in [2.45, 2.75) is 13.0 Å². The molecule has 8 heteroatoms. The zero-order valence-corrected chi connectivity index (χ0v) is 15.5. The molecule has 4 N–H and O–H groups in total. The van der Waals surface area contributed by atoms with Gasteiger partial charge in [0.1, 0.15) is 0 Å². The van der Waals surface area contributed by atoms with Gasteiger partial charge in [-0.15, -0.1) is 0 Å². The third-order valence-corrected chi connectivity index (χ3v) is 4.13. The zero-order valence-electron chi connectivity index (χ0n) is 15.5. The SMILES string of the molecule is COc1cc(C(=O)NC(c2ccccc2)C(C)C(=O)O)ccc1OCC(N)=O. The summed E-state index contributed by atoms with van der Waals surface area (Å²) in [5, 5.41) is 12.2. The Bertz CT molecular complexity index is 853. The third-order valence-electron chi connectivity index (χ3n) is 4.13. The minimum absolute atomic E-state index is 0.247. The number of carboxylic acid groups (broad SMARTS) is 1. The number of nitrogens with one attached hydrogen (secondary N) is 1. The van der Waals surface area contributed by atoms with Crippen LogP contribution in [-0.4, -0.2) is 36.6 Å². The molecule has 0 aliphatic carbocycles. The van der Waals surface area contributed by atoms with Crippen LogP contribution in [0.3, 0.4) is 0 Å². The van der Waals surface area contributed by atoms with E-state index in [4.69, 9.17) is 15.2 Å². The minimum atomic E-state index is -1.03. The third kappa shape index (κ3) is 5.23. The summed E-state index contributed by atoms with van der Waals surface area (Å²) < 4.78 is 10.4. The van der Waals surface area contributed by atoms with E-state index in [0.29, 0.717) is 5.56 Å². The summed E-state index contributed by atoms with van der Waals surface area (Å²) in [7, 11) is 1.40. The summed E-state index contributed by atoms with van der Waals surface area (Å²) in [6.07, 6.45) is 0. The van der Waals surface area contributed by atoms with E-state index in [0.717, 1.165) is 0 Å². The van der Waals surface area contributed by atoms with Crippen LogP contribution in [0.5, 0.6) is 11.5 Å². The van der Waals surface area contributed by atoms with Crippen LogP contribution in [-0.2, 0) is 9.59 Å². The van der Waals surface area contributed by atoms with Crippen LogP contribution in [0, 0.1) is 5.92 Å². The smallest absolute Gasteiger partial charge is 0.308 e. The first kappa shape index (κ1) is 20.8. The molecular weight excluding hydrogens is 364 g/mol. The predicted molar refractivity (Wildman–Crippen MR) is 101 cm³/mol. The molecule has 0 fully saturated rings. The Morgan fingerprint density at radius 3 is 2.36 bits per heavy atom. The van der Waals surface area contributed by atoms with Crippen molar-refractivity contribution in [2.75, 3.05) is 13.7 Å². The molecule has 2 atom stereocenters. The lowest BCUT2D eigenvalue weighted by Crippen LogP contribution is -2.35. The molecular formula is C20H22N2O6. The molecule has 0 saturated heterocycles. The summed E-state index contributed by atoms with van der Waals surface area (Å²) in [6.45, 7) is 1.20. The molecule has 28 heavy (non-hydrogen) atoms. The van der Waals surface area contributed by atoms with E-state index in [9.17, 15) is 19.5 Å². The minimum Gasteiger partial charge on any atom is -0.493 e. The van der Waals surface area contributed by atoms with Gasteiger partial charge in [0.15, 0.2) is 18.1 Å². The molecule has 2 amide bonds. The lowest BCUT2D eigenvalue weighted by atomic mass is 9.94. The number of carbonyl (C=O) groups excluding carboxylic acids is 2. The van der Waals surface area contributed by atoms with Crippen LogP contribution in [0.1, 0.15) is 28.9 Å². The van der Waals surface area contributed by atoms with Crippen LogP contribution in [0.2, 0.25) is 0 Å². The Morgan fingerprint density at radius 2 is 1.79 bits per heavy atom. The first-order valence-electron chi connectivity index (χ1n) is 8.51. The van der Waals surface area contributed by atoms with E-state index < -0.39 is 29.7 Å². The standard InChI is InChI=1S/C20H22N2O6/c1-12(20(25)26)18(13-6-4-3-5-7-13)22-19(24)14-8-9-15(16(10-14)27-2)28-11-17(21)23/h3-10,12,18H,11H2,1-2H3,(H2,21,23)(H,22,24)(H,25,26). The highest BCUT2D eigenvalue weighted by Gasteiger charge is 2.27. The second-order valence-electron chi connectivity index (χ2n) is 6.11. The summed E-state index contributed by atoms with van der Waals surface area (Å²) >= 11 is 0. The fourth-order valence-corrected chi connectivity index (χ4v) is 2.60. The van der Waals surface area contributed by atoms with Gasteiger partial charge in [0.05, 0.1) is 19.1 Å². The van der Waals surface area contributed by atoms with E-state index in [-0.39, 0.29) is 23.7 Å². The monoisotopic (exact) mass is 386 g/mol. The Labute approximate surface area is 162 Å². The van der Waals surface area contributed by atoms with Crippen LogP contribution in [0.4, 0.5) is 0 Å². The maximum atomic E-state index is 12.7. The molecule has 2 rings (SSSR count). The van der Waals surface area contributed by atoms with Gasteiger partial charge in [-0.2, -0.15) is 0 Å². The van der Waals surface area contributed by atoms with Crippen molar-refractivity contribution in [3.8, 4) is 11.5 Å². The normalized spacial score (nSPS) is 12.5. The number of nitrogens with two attached hydrogens (primary N) is 1. The highest BCUT2D eigenvalue weighted by molar-refractivity contribution is 5.95. The molecule has 0 aromatic heterocycles. The molecule has 0 aliphatic heterocycles. The number of ether oxygens (including phenoxy) is 2. The van der Waals surface area contributed by atoms with Crippen molar-refractivity contribution in [2.24, 2.45) is 11.7 Å². The Kier molecular flexibility index (Phi) is 6.97. The summed E-state index contributed by atoms with van der Waals surface area (Å²) in [6, 6.07) is 12.6. The summed E-state index contributed by atoms with van der Waals surface area (Å²) in [4.78, 5) is 35.1. The van der Waals surface area contributed by atoms with Gasteiger partial charge in [-0.1, -0.05) is 30.3 Å². The van der Waals surface area contributed by atoms with Crippen molar-refractivity contribution in [3.63, 3.8) is 0 Å². The first-order valence-corrected chi connectivity index (χ1v) is 8.51. The molecule has 2 aromatic rings. The largest absolute Gasteiger partial charge is 0.493 e. The first-order chi connectivity index (χ1) is 13.3. The number of hydrogen-bond acceptors (Lipinski definition) is 5. The molecule has 0 saturated carbocycles. The second kappa shape index (κ2) is 9.40. The fourth-order valence-electron chi connectivity index (χ4n) is 2.60. The lowest BCUT2D eigenvalue weighted by Gasteiger charge is -2.23. The Balaban J connectivity index is 2.25. The Hall–Kier alpha value is -3.55. The van der Waals surface area contributed by atoms with Gasteiger partial charge in [-0.3, -0.25) is 14.4 Å². The molecule has 148 valence electrons. The van der Waals surface area contributed by atoms with Crippen LogP contribution < -0.4 is 20.5 Å². The van der Waals surface area contributed by atoms with Gasteiger partial charge < -0.3 is 25.6 Å². The molecule has 0 bridgehead atoms. The van der Waals surface area contributed by atoms with E-state index >= 15 is 0 Å². The molecule has 8 nitrogen and oxygen atoms in total. The topological polar surface area (TPSA) is 128 Å². The van der Waals surface area contributed by atoms with Crippen molar-refractivity contribution >= 4 is 17.8 Å². The number of primary amides is 1. The van der Waals surface area contributed by atoms with Gasteiger partial charge in [0.2, 0.25) is 0 Å². The maximum absolute atomic E-state index is 12.7. The quantitative estimate of drug-likeness (QED) is 0.602. The highest BCUT2D eigenvalue weighted by atomic mass is 16.5. The summed E-state index contributed by atoms with van der Waals surface area (Å²) in [5.41, 5.74) is 5.99. The van der Waals surface area contributed by atoms with Crippen LogP contribution >= 0.6 is 0 Å². The number of carboxylic acids is 1. The molecule has 0 spiro atoms. The van der Waals surface area contributed by atoms with Crippen molar-refractivity contribution in [3.05, 3.63) is 59.7 Å². The molecule has 0 heterocycles. The van der Waals surface area contributed by atoms with E-state index in [1.165, 1.54) is 32.2 Å². The number of rotatable bonds is 9. The predicted octanol–water partition coefficient (Wildman–Crippen LogP) is 1.75. The maximum Gasteiger partial charge on any atom is 0.308 e. The number of amides is 2. The second-order valence-corrected chi connectivity index (χ2v) is 6.11. The number of aliphatic carboxylic acids is 1. The van der Waals surface area contributed by atoms with Crippen LogP contribution in [0.15, 0.2) is 48.5 Å². The molecule has 0 radical (unpaired) electrons. The van der Waals surface area contributed by atoms with Gasteiger partial charge in [0.25, 0.3) is 11.8 Å². The average molecular weight is 386 g/mol. The zero-order chi connectivity index (χ0) is 20.7. The summed E-state index contributed by atoms with van der Waals surface area (Å²) in [5.74, 6) is -2.47. The highest BCUT2D eigenvalue weighted by Crippen LogP contribution is 2.29. The molecule has 0 aliphatic rings. The number of hydrogen-bond donors (Lipinski definition) is 3. The lowest BCUT2D eigenvalue weighted by molar-refractivity contribution is -0.142. The average Bonchev–Trinajstić information content (AvgIpc) is 2.70. The van der Waals surface area contributed by atoms with Gasteiger partial charge in [0, 0.05) is 5.56 Å². The number of methoxy groups -OCH3 is 1. The van der Waals surface area contributed by atoms with E-state index in [2.05, 4.69) is 5.32 Å². The van der Waals surface area contributed by atoms with E-state index in [1.54, 1.807) is 24.3 Å². The van der Waals surface area contributed by atoms with Crippen LogP contribution in [0.25, 0.3) is 0 Å². The molecule has 2 unspecified atom stereocenters.